The molecule has 4 N–H and O–H groups in total. The third-order valence-corrected chi connectivity index (χ3v) is 5.05. The first-order valence-electron chi connectivity index (χ1n) is 10.5. The molecule has 0 aromatic heterocycles. The summed E-state index contributed by atoms with van der Waals surface area (Å²) in [5.41, 5.74) is 1.61. The second-order valence-electron chi connectivity index (χ2n) is 7.60. The highest BCUT2D eigenvalue weighted by atomic mass is 16.5. The Balaban J connectivity index is 1.47. The first-order chi connectivity index (χ1) is 15.9. The van der Waals surface area contributed by atoms with Gasteiger partial charge >= 0.3 is 12.1 Å². The van der Waals surface area contributed by atoms with Gasteiger partial charge in [-0.25, -0.2) is 9.59 Å². The lowest BCUT2D eigenvalue weighted by molar-refractivity contribution is -0.142. The van der Waals surface area contributed by atoms with E-state index >= 15 is 0 Å². The summed E-state index contributed by atoms with van der Waals surface area (Å²) < 4.78 is 5.04. The van der Waals surface area contributed by atoms with Gasteiger partial charge in [-0.05, 0) is 21.9 Å². The smallest absolute Gasteiger partial charge is 0.407 e. The van der Waals surface area contributed by atoms with Crippen molar-refractivity contribution >= 4 is 28.7 Å². The van der Waals surface area contributed by atoms with Gasteiger partial charge in [-0.2, -0.15) is 0 Å². The second-order valence-corrected chi connectivity index (χ2v) is 7.60. The lowest BCUT2D eigenvalue weighted by atomic mass is 9.98. The number of alkyl carbamates (subject to hydrolysis) is 1. The van der Waals surface area contributed by atoms with E-state index in [1.807, 2.05) is 72.8 Å². The van der Waals surface area contributed by atoms with Gasteiger partial charge in [-0.15, -0.1) is 0 Å². The van der Waals surface area contributed by atoms with Crippen LogP contribution in [-0.4, -0.2) is 46.9 Å². The summed E-state index contributed by atoms with van der Waals surface area (Å²) in [4.78, 5) is 35.8. The molecule has 0 spiro atoms. The van der Waals surface area contributed by atoms with Gasteiger partial charge in [0.1, 0.15) is 12.6 Å². The maximum atomic E-state index is 12.3. The number of aliphatic hydroxyl groups is 1. The first kappa shape index (κ1) is 23.7. The highest BCUT2D eigenvalue weighted by Crippen LogP contribution is 2.20. The summed E-state index contributed by atoms with van der Waals surface area (Å²) in [7, 11) is 0. The van der Waals surface area contributed by atoms with Crippen LogP contribution < -0.4 is 10.6 Å². The number of hydrogen-bond donors (Lipinski definition) is 4. The molecule has 0 unspecified atom stereocenters. The van der Waals surface area contributed by atoms with E-state index in [4.69, 9.17) is 4.74 Å². The Labute approximate surface area is 191 Å². The molecule has 172 valence electrons. The summed E-state index contributed by atoms with van der Waals surface area (Å²) in [6, 6.07) is 21.2. The number of hydrogen-bond acceptors (Lipinski definition) is 5. The van der Waals surface area contributed by atoms with Crippen LogP contribution in [0.2, 0.25) is 0 Å². The number of nitrogens with one attached hydrogen (secondary N) is 2. The topological polar surface area (TPSA) is 125 Å². The molecule has 8 heteroatoms. The summed E-state index contributed by atoms with van der Waals surface area (Å²) in [6.07, 6.45) is -2.18. The van der Waals surface area contributed by atoms with Crippen molar-refractivity contribution in [2.45, 2.75) is 31.6 Å². The molecule has 0 aliphatic rings. The average Bonchev–Trinajstić information content (AvgIpc) is 2.81. The van der Waals surface area contributed by atoms with Gasteiger partial charge in [0.2, 0.25) is 5.91 Å². The number of carbonyl (C=O) groups excluding carboxylic acids is 2. The van der Waals surface area contributed by atoms with Crippen molar-refractivity contribution in [3.63, 3.8) is 0 Å². The van der Waals surface area contributed by atoms with E-state index in [2.05, 4.69) is 10.6 Å². The van der Waals surface area contributed by atoms with Gasteiger partial charge < -0.3 is 25.6 Å². The molecular weight excluding hydrogens is 424 g/mol. The van der Waals surface area contributed by atoms with Gasteiger partial charge in [0, 0.05) is 13.0 Å². The molecule has 0 heterocycles. The molecule has 0 aliphatic carbocycles. The lowest BCUT2D eigenvalue weighted by Crippen LogP contribution is -2.44. The van der Waals surface area contributed by atoms with E-state index < -0.39 is 30.1 Å². The zero-order chi connectivity index (χ0) is 23.6. The van der Waals surface area contributed by atoms with Crippen molar-refractivity contribution in [1.29, 1.82) is 0 Å². The minimum absolute atomic E-state index is 0.0811. The number of rotatable bonds is 10. The maximum Gasteiger partial charge on any atom is 0.407 e. The zero-order valence-electron chi connectivity index (χ0n) is 17.9. The highest BCUT2D eigenvalue weighted by Gasteiger charge is 2.23. The third kappa shape index (κ3) is 7.33. The van der Waals surface area contributed by atoms with Crippen LogP contribution >= 0.6 is 0 Å². The molecule has 0 radical (unpaired) electrons. The molecule has 2 amide bonds. The Bertz CT molecular complexity index is 1100. The number of amides is 2. The van der Waals surface area contributed by atoms with Crippen molar-refractivity contribution in [2.75, 3.05) is 6.54 Å². The van der Waals surface area contributed by atoms with Crippen molar-refractivity contribution < 1.29 is 29.3 Å². The quantitative estimate of drug-likeness (QED) is 0.376. The predicted molar refractivity (Wildman–Crippen MR) is 122 cm³/mol. The van der Waals surface area contributed by atoms with Crippen molar-refractivity contribution in [3.8, 4) is 0 Å². The van der Waals surface area contributed by atoms with Crippen LogP contribution in [0, 0.1) is 0 Å². The molecule has 8 nitrogen and oxygen atoms in total. The monoisotopic (exact) mass is 450 g/mol. The van der Waals surface area contributed by atoms with E-state index in [9.17, 15) is 24.6 Å². The van der Waals surface area contributed by atoms with Crippen molar-refractivity contribution in [3.05, 3.63) is 83.9 Å². The molecule has 3 aromatic carbocycles. The SMILES string of the molecule is O=C(C[C@H](O)CNC(=O)OCc1ccccc1)N[C@H](Cc1cccc2ccccc12)C(=O)O. The maximum absolute atomic E-state index is 12.3. The molecule has 0 aliphatic heterocycles. The molecule has 2 atom stereocenters. The molecule has 3 rings (SSSR count). The second kappa shape index (κ2) is 11.6. The van der Waals surface area contributed by atoms with Gasteiger partial charge in [-0.1, -0.05) is 72.8 Å². The van der Waals surface area contributed by atoms with E-state index in [0.29, 0.717) is 0 Å². The minimum Gasteiger partial charge on any atom is -0.480 e. The number of fused-ring (bicyclic) bond motifs is 1. The number of carboxylic acids is 1. The number of aliphatic hydroxyl groups excluding tert-OH is 1. The van der Waals surface area contributed by atoms with Crippen molar-refractivity contribution in [1.82, 2.24) is 10.6 Å². The van der Waals surface area contributed by atoms with Crippen LogP contribution in [0.15, 0.2) is 72.8 Å². The first-order valence-corrected chi connectivity index (χ1v) is 10.5. The number of benzene rings is 3. The summed E-state index contributed by atoms with van der Waals surface area (Å²) in [6.45, 7) is -0.125. The predicted octanol–water partition coefficient (Wildman–Crippen LogP) is 2.63. The van der Waals surface area contributed by atoms with Crippen molar-refractivity contribution in [2.24, 2.45) is 0 Å². The van der Waals surface area contributed by atoms with Crippen LogP contribution in [0.25, 0.3) is 10.8 Å². The van der Waals surface area contributed by atoms with Crippen LogP contribution in [-0.2, 0) is 27.4 Å². The summed E-state index contributed by atoms with van der Waals surface area (Å²) in [5, 5.41) is 26.4. The number of carboxylic acid groups (broad SMARTS) is 1. The third-order valence-electron chi connectivity index (χ3n) is 5.05. The molecule has 33 heavy (non-hydrogen) atoms. The molecule has 0 bridgehead atoms. The summed E-state index contributed by atoms with van der Waals surface area (Å²) in [5.74, 6) is -1.80. The fourth-order valence-corrected chi connectivity index (χ4v) is 3.41. The number of carbonyl (C=O) groups is 3. The molecule has 0 saturated carbocycles. The van der Waals surface area contributed by atoms with E-state index in [-0.39, 0.29) is 26.0 Å². The Morgan fingerprint density at radius 1 is 0.909 bits per heavy atom. The largest absolute Gasteiger partial charge is 0.480 e. The molecule has 0 fully saturated rings. The molecule has 3 aromatic rings. The van der Waals surface area contributed by atoms with Gasteiger partial charge in [0.25, 0.3) is 0 Å². The Morgan fingerprint density at radius 2 is 1.61 bits per heavy atom. The number of ether oxygens (including phenoxy) is 1. The minimum atomic E-state index is -1.19. The highest BCUT2D eigenvalue weighted by molar-refractivity contribution is 5.88. The summed E-state index contributed by atoms with van der Waals surface area (Å²) >= 11 is 0. The van der Waals surface area contributed by atoms with Crippen LogP contribution in [0.4, 0.5) is 4.79 Å². The Hall–Kier alpha value is -3.91. The fraction of sp³-hybridized carbons (Fsp3) is 0.240. The Morgan fingerprint density at radius 3 is 2.36 bits per heavy atom. The van der Waals surface area contributed by atoms with E-state index in [1.165, 1.54) is 0 Å². The van der Waals surface area contributed by atoms with Crippen LogP contribution in [0.1, 0.15) is 17.5 Å². The fourth-order valence-electron chi connectivity index (χ4n) is 3.41. The lowest BCUT2D eigenvalue weighted by Gasteiger charge is -2.17. The number of aliphatic carboxylic acids is 1. The Kier molecular flexibility index (Phi) is 8.37. The molecular formula is C25H26N2O6. The molecule has 0 saturated heterocycles. The van der Waals surface area contributed by atoms with Gasteiger partial charge in [-0.3, -0.25) is 4.79 Å². The van der Waals surface area contributed by atoms with Gasteiger partial charge in [0.05, 0.1) is 12.5 Å². The van der Waals surface area contributed by atoms with Gasteiger partial charge in [0.15, 0.2) is 0 Å². The van der Waals surface area contributed by atoms with Crippen LogP contribution in [0.5, 0.6) is 0 Å². The van der Waals surface area contributed by atoms with E-state index in [1.54, 1.807) is 0 Å². The normalized spacial score (nSPS) is 12.5. The average molecular weight is 450 g/mol. The zero-order valence-corrected chi connectivity index (χ0v) is 17.9. The van der Waals surface area contributed by atoms with Crippen LogP contribution in [0.3, 0.4) is 0 Å². The standard InChI is InChI=1S/C25H26N2O6/c28-20(15-26-25(32)33-16-17-7-2-1-3-8-17)14-23(29)27-22(24(30)31)13-19-11-6-10-18-9-4-5-12-21(18)19/h1-12,20,22,28H,13-16H2,(H,26,32)(H,27,29)(H,30,31)/t20-,22+/m0/s1. The van der Waals surface area contributed by atoms with E-state index in [0.717, 1.165) is 21.9 Å².